The van der Waals surface area contributed by atoms with Crippen LogP contribution in [0.4, 0.5) is 4.79 Å². The number of carbonyl (C=O) groups is 1. The summed E-state index contributed by atoms with van der Waals surface area (Å²) in [6.45, 7) is 3.11. The van der Waals surface area contributed by atoms with Crippen LogP contribution < -0.4 is 5.32 Å². The average molecular weight is 418 g/mol. The Hall–Kier alpha value is -0.780. The Morgan fingerprint density at radius 1 is 0.857 bits per heavy atom. The Bertz CT molecular complexity index is 493. The zero-order chi connectivity index (χ0) is 20.5. The van der Waals surface area contributed by atoms with Gasteiger partial charge in [-0.3, -0.25) is 0 Å². The minimum absolute atomic E-state index is 0.0404. The van der Waals surface area contributed by atoms with Crippen LogP contribution in [0, 0.1) is 5.92 Å². The molecule has 1 heterocycles. The first-order chi connectivity index (χ1) is 13.5. The van der Waals surface area contributed by atoms with E-state index >= 15 is 0 Å². The molecule has 1 saturated heterocycles. The Morgan fingerprint density at radius 3 is 1.82 bits per heavy atom. The lowest BCUT2D eigenvalue weighted by molar-refractivity contribution is 0.142. The largest absolute Gasteiger partial charge is 0.450 e. The molecule has 28 heavy (non-hydrogen) atoms. The maximum atomic E-state index is 11.6. The zero-order valence-electron chi connectivity index (χ0n) is 18.1. The second kappa shape index (κ2) is 16.1. The topological polar surface area (TPSA) is 72.5 Å². The molecule has 0 radical (unpaired) electrons. The molecule has 1 atom stereocenters. The monoisotopic (exact) mass is 417 g/mol. The first-order valence-corrected chi connectivity index (χ1v) is 13.5. The van der Waals surface area contributed by atoms with Crippen LogP contribution in [0.25, 0.3) is 0 Å². The van der Waals surface area contributed by atoms with Gasteiger partial charge in [0.2, 0.25) is 0 Å². The van der Waals surface area contributed by atoms with E-state index in [-0.39, 0.29) is 17.4 Å². The fourth-order valence-corrected chi connectivity index (χ4v) is 5.64. The van der Waals surface area contributed by atoms with Crippen molar-refractivity contribution in [1.82, 2.24) is 5.32 Å². The van der Waals surface area contributed by atoms with Crippen LogP contribution >= 0.6 is 0 Å². The highest BCUT2D eigenvalue weighted by molar-refractivity contribution is 7.91. The molecule has 0 spiro atoms. The molecule has 0 aliphatic carbocycles. The van der Waals surface area contributed by atoms with E-state index in [2.05, 4.69) is 12.2 Å². The van der Waals surface area contributed by atoms with Gasteiger partial charge in [0.25, 0.3) is 0 Å². The van der Waals surface area contributed by atoms with Crippen LogP contribution in [0.1, 0.15) is 103 Å². The van der Waals surface area contributed by atoms with E-state index in [0.29, 0.717) is 19.6 Å². The van der Waals surface area contributed by atoms with Crippen molar-refractivity contribution in [1.29, 1.82) is 0 Å². The third-order valence-corrected chi connectivity index (χ3v) is 7.43. The fraction of sp³-hybridized carbons (Fsp3) is 0.955. The maximum absolute atomic E-state index is 11.6. The molecule has 1 fully saturated rings. The normalized spacial score (nSPS) is 18.2. The Balaban J connectivity index is 1.77. The number of rotatable bonds is 17. The van der Waals surface area contributed by atoms with Gasteiger partial charge in [0.1, 0.15) is 0 Å². The van der Waals surface area contributed by atoms with Crippen LogP contribution in [-0.2, 0) is 14.6 Å². The molecule has 0 saturated carbocycles. The van der Waals surface area contributed by atoms with Gasteiger partial charge in [-0.05, 0) is 18.8 Å². The first-order valence-electron chi connectivity index (χ1n) is 11.6. The smallest absolute Gasteiger partial charge is 0.407 e. The second-order valence-corrected chi connectivity index (χ2v) is 10.6. The molecule has 1 rings (SSSR count). The molecule has 166 valence electrons. The minimum Gasteiger partial charge on any atom is -0.450 e. The van der Waals surface area contributed by atoms with Gasteiger partial charge in [0.15, 0.2) is 9.84 Å². The van der Waals surface area contributed by atoms with Gasteiger partial charge in [-0.1, -0.05) is 90.4 Å². The van der Waals surface area contributed by atoms with Gasteiger partial charge >= 0.3 is 6.09 Å². The molecule has 1 aliphatic heterocycles. The summed E-state index contributed by atoms with van der Waals surface area (Å²) >= 11 is 0. The summed E-state index contributed by atoms with van der Waals surface area (Å²) in [5.41, 5.74) is 0. The van der Waals surface area contributed by atoms with Crippen LogP contribution in [0.15, 0.2) is 0 Å². The zero-order valence-corrected chi connectivity index (χ0v) is 18.9. The quantitative estimate of drug-likeness (QED) is 0.311. The van der Waals surface area contributed by atoms with Crippen LogP contribution in [0.5, 0.6) is 0 Å². The molecule has 0 bridgehead atoms. The molecule has 1 amide bonds. The van der Waals surface area contributed by atoms with Crippen molar-refractivity contribution in [2.45, 2.75) is 103 Å². The van der Waals surface area contributed by atoms with Gasteiger partial charge in [-0.15, -0.1) is 0 Å². The maximum Gasteiger partial charge on any atom is 0.407 e. The number of alkyl carbamates (subject to hydrolysis) is 1. The molecule has 6 heteroatoms. The molecular formula is C22H43NO4S. The summed E-state index contributed by atoms with van der Waals surface area (Å²) in [6, 6.07) is 0. The average Bonchev–Trinajstić information content (AvgIpc) is 3.02. The SMILES string of the molecule is CCCCCCCCCCCCCCCCOC(=O)NCC1CCS(=O)(=O)C1. The molecule has 1 aliphatic rings. The van der Waals surface area contributed by atoms with E-state index in [0.717, 1.165) is 12.8 Å². The lowest BCUT2D eigenvalue weighted by Crippen LogP contribution is -2.30. The highest BCUT2D eigenvalue weighted by Crippen LogP contribution is 2.17. The summed E-state index contributed by atoms with van der Waals surface area (Å²) in [4.78, 5) is 11.6. The van der Waals surface area contributed by atoms with Crippen molar-refractivity contribution in [3.8, 4) is 0 Å². The molecular weight excluding hydrogens is 374 g/mol. The number of hydrogen-bond acceptors (Lipinski definition) is 4. The van der Waals surface area contributed by atoms with Crippen molar-refractivity contribution >= 4 is 15.9 Å². The molecule has 1 unspecified atom stereocenters. The van der Waals surface area contributed by atoms with E-state index in [1.165, 1.54) is 77.0 Å². The first kappa shape index (κ1) is 25.3. The molecule has 1 N–H and O–H groups in total. The molecule has 0 aromatic carbocycles. The predicted octanol–water partition coefficient (Wildman–Crippen LogP) is 5.63. The van der Waals surface area contributed by atoms with Crippen molar-refractivity contribution in [2.24, 2.45) is 5.92 Å². The third kappa shape index (κ3) is 14.3. The van der Waals surface area contributed by atoms with E-state index in [1.807, 2.05) is 0 Å². The number of carbonyl (C=O) groups excluding carboxylic acids is 1. The van der Waals surface area contributed by atoms with Gasteiger partial charge in [0, 0.05) is 6.54 Å². The number of ether oxygens (including phenoxy) is 1. The standard InChI is InChI=1S/C22H43NO4S/c1-2-3-4-5-6-7-8-9-10-11-12-13-14-15-17-27-22(24)23-19-21-16-18-28(25,26)20-21/h21H,2-20H2,1H3,(H,23,24). The molecule has 0 aromatic heterocycles. The number of hydrogen-bond donors (Lipinski definition) is 1. The van der Waals surface area contributed by atoms with Gasteiger partial charge in [-0.25, -0.2) is 13.2 Å². The summed E-state index contributed by atoms with van der Waals surface area (Å²) < 4.78 is 27.9. The number of unbranched alkanes of at least 4 members (excludes halogenated alkanes) is 13. The van der Waals surface area contributed by atoms with Crippen molar-refractivity contribution in [2.75, 3.05) is 24.7 Å². The number of amides is 1. The van der Waals surface area contributed by atoms with E-state index < -0.39 is 15.9 Å². The Morgan fingerprint density at radius 2 is 1.36 bits per heavy atom. The summed E-state index contributed by atoms with van der Waals surface area (Å²) in [7, 11) is -2.88. The van der Waals surface area contributed by atoms with Gasteiger partial charge in [0.05, 0.1) is 18.1 Å². The Labute approximate surface area is 173 Å². The van der Waals surface area contributed by atoms with Crippen molar-refractivity contribution in [3.05, 3.63) is 0 Å². The minimum atomic E-state index is -2.88. The lowest BCUT2D eigenvalue weighted by Gasteiger charge is -2.10. The van der Waals surface area contributed by atoms with Gasteiger partial charge < -0.3 is 10.1 Å². The third-order valence-electron chi connectivity index (χ3n) is 5.59. The van der Waals surface area contributed by atoms with Crippen LogP contribution in [-0.4, -0.2) is 39.2 Å². The highest BCUT2D eigenvalue weighted by atomic mass is 32.2. The van der Waals surface area contributed by atoms with Crippen LogP contribution in [0.2, 0.25) is 0 Å². The molecule has 5 nitrogen and oxygen atoms in total. The second-order valence-electron chi connectivity index (χ2n) is 8.38. The van der Waals surface area contributed by atoms with E-state index in [1.54, 1.807) is 0 Å². The molecule has 0 aromatic rings. The van der Waals surface area contributed by atoms with Crippen LogP contribution in [0.3, 0.4) is 0 Å². The summed E-state index contributed by atoms with van der Waals surface area (Å²) in [5.74, 6) is 0.471. The predicted molar refractivity (Wildman–Crippen MR) is 116 cm³/mol. The Kier molecular flexibility index (Phi) is 14.5. The summed E-state index contributed by atoms with van der Waals surface area (Å²) in [6.07, 6.45) is 18.5. The van der Waals surface area contributed by atoms with Crippen molar-refractivity contribution in [3.63, 3.8) is 0 Å². The van der Waals surface area contributed by atoms with Gasteiger partial charge in [-0.2, -0.15) is 0 Å². The number of nitrogens with one attached hydrogen (secondary N) is 1. The lowest BCUT2D eigenvalue weighted by atomic mass is 10.0. The van der Waals surface area contributed by atoms with E-state index in [9.17, 15) is 13.2 Å². The fourth-order valence-electron chi connectivity index (χ4n) is 3.77. The highest BCUT2D eigenvalue weighted by Gasteiger charge is 2.27. The van der Waals surface area contributed by atoms with Crippen molar-refractivity contribution < 1.29 is 17.9 Å². The number of sulfone groups is 1. The van der Waals surface area contributed by atoms with E-state index in [4.69, 9.17) is 4.74 Å². The summed E-state index contributed by atoms with van der Waals surface area (Å²) in [5, 5.41) is 2.69.